The minimum absolute atomic E-state index is 0.00436. The second-order valence-corrected chi connectivity index (χ2v) is 8.29. The molecule has 1 aliphatic carbocycles. The summed E-state index contributed by atoms with van der Waals surface area (Å²) in [4.78, 5) is 26.9. The molecule has 30 heavy (non-hydrogen) atoms. The highest BCUT2D eigenvalue weighted by molar-refractivity contribution is 6.39. The van der Waals surface area contributed by atoms with Gasteiger partial charge in [0.05, 0.1) is 28.3 Å². The van der Waals surface area contributed by atoms with Gasteiger partial charge in [-0.2, -0.15) is 0 Å². The standard InChI is InChI=1S/C23H27Cl2N3O2/c1-2-28(15-22(30)27-23-18(24)10-6-11-19(23)25)14-13-21(29)26-20-12-5-8-16-7-3-4-9-17(16)20/h3-4,6-7,9-11,20H,2,5,8,12-15H2,1H3,(H,26,29)(H,27,30). The quantitative estimate of drug-likeness (QED) is 0.608. The summed E-state index contributed by atoms with van der Waals surface area (Å²) in [6.45, 7) is 3.28. The van der Waals surface area contributed by atoms with Crippen molar-refractivity contribution in [2.75, 3.05) is 25.0 Å². The SMILES string of the molecule is CCN(CCC(=O)NC1CCCc2ccccc21)CC(=O)Nc1c(Cl)cccc1Cl. The predicted octanol–water partition coefficient (Wildman–Crippen LogP) is 4.84. The zero-order valence-electron chi connectivity index (χ0n) is 17.1. The van der Waals surface area contributed by atoms with Gasteiger partial charge in [-0.3, -0.25) is 14.5 Å². The zero-order chi connectivity index (χ0) is 21.5. The van der Waals surface area contributed by atoms with E-state index in [1.165, 1.54) is 11.1 Å². The molecule has 1 atom stereocenters. The Bertz CT molecular complexity index is 884. The summed E-state index contributed by atoms with van der Waals surface area (Å²) < 4.78 is 0. The Hall–Kier alpha value is -2.08. The first-order valence-electron chi connectivity index (χ1n) is 10.3. The monoisotopic (exact) mass is 447 g/mol. The lowest BCUT2D eigenvalue weighted by Crippen LogP contribution is -2.37. The number of nitrogens with one attached hydrogen (secondary N) is 2. The van der Waals surface area contributed by atoms with Crippen LogP contribution in [0.3, 0.4) is 0 Å². The van der Waals surface area contributed by atoms with Crippen molar-refractivity contribution >= 4 is 40.7 Å². The van der Waals surface area contributed by atoms with Gasteiger partial charge in [0.1, 0.15) is 0 Å². The van der Waals surface area contributed by atoms with E-state index in [-0.39, 0.29) is 24.4 Å². The molecular formula is C23H27Cl2N3O2. The van der Waals surface area contributed by atoms with E-state index in [4.69, 9.17) is 23.2 Å². The van der Waals surface area contributed by atoms with Crippen molar-refractivity contribution in [2.24, 2.45) is 0 Å². The van der Waals surface area contributed by atoms with Gasteiger partial charge in [0.25, 0.3) is 0 Å². The van der Waals surface area contributed by atoms with Crippen LogP contribution in [0.5, 0.6) is 0 Å². The summed E-state index contributed by atoms with van der Waals surface area (Å²) in [7, 11) is 0. The predicted molar refractivity (Wildman–Crippen MR) is 122 cm³/mol. The third-order valence-electron chi connectivity index (χ3n) is 5.40. The molecule has 0 bridgehead atoms. The molecule has 7 heteroatoms. The first-order chi connectivity index (χ1) is 14.5. The van der Waals surface area contributed by atoms with Crippen LogP contribution in [0.15, 0.2) is 42.5 Å². The molecule has 0 heterocycles. The first kappa shape index (κ1) is 22.6. The fourth-order valence-electron chi connectivity index (χ4n) is 3.78. The third-order valence-corrected chi connectivity index (χ3v) is 6.03. The maximum Gasteiger partial charge on any atom is 0.238 e. The Balaban J connectivity index is 1.49. The number of para-hydroxylation sites is 1. The highest BCUT2D eigenvalue weighted by atomic mass is 35.5. The van der Waals surface area contributed by atoms with Crippen molar-refractivity contribution in [2.45, 2.75) is 38.6 Å². The minimum Gasteiger partial charge on any atom is -0.349 e. The van der Waals surface area contributed by atoms with Crippen molar-refractivity contribution in [3.8, 4) is 0 Å². The van der Waals surface area contributed by atoms with Gasteiger partial charge in [-0.1, -0.05) is 60.5 Å². The molecule has 1 unspecified atom stereocenters. The van der Waals surface area contributed by atoms with Gasteiger partial charge in [-0.15, -0.1) is 0 Å². The molecule has 160 valence electrons. The Morgan fingerprint density at radius 2 is 1.80 bits per heavy atom. The third kappa shape index (κ3) is 5.97. The Kier molecular flexibility index (Phi) is 8.14. The van der Waals surface area contributed by atoms with Crippen molar-refractivity contribution in [3.05, 3.63) is 63.6 Å². The summed E-state index contributed by atoms with van der Waals surface area (Å²) in [6, 6.07) is 13.4. The Labute approximate surface area is 187 Å². The first-order valence-corrected chi connectivity index (χ1v) is 11.1. The average molecular weight is 448 g/mol. The van der Waals surface area contributed by atoms with Crippen LogP contribution >= 0.6 is 23.2 Å². The number of hydrogen-bond donors (Lipinski definition) is 2. The summed E-state index contributed by atoms with van der Waals surface area (Å²) in [5, 5.41) is 6.71. The van der Waals surface area contributed by atoms with E-state index >= 15 is 0 Å². The van der Waals surface area contributed by atoms with Crippen LogP contribution in [0, 0.1) is 0 Å². The highest BCUT2D eigenvalue weighted by Crippen LogP contribution is 2.30. The molecule has 0 aliphatic heterocycles. The molecule has 2 N–H and O–H groups in total. The fourth-order valence-corrected chi connectivity index (χ4v) is 4.27. The number of amides is 2. The summed E-state index contributed by atoms with van der Waals surface area (Å²) >= 11 is 12.2. The van der Waals surface area contributed by atoms with Crippen molar-refractivity contribution in [1.29, 1.82) is 0 Å². The summed E-state index contributed by atoms with van der Waals surface area (Å²) in [5.41, 5.74) is 2.95. The normalized spacial score (nSPS) is 15.5. The number of nitrogens with zero attached hydrogens (tertiary/aromatic N) is 1. The minimum atomic E-state index is -0.214. The number of anilines is 1. The topological polar surface area (TPSA) is 61.4 Å². The number of fused-ring (bicyclic) bond motifs is 1. The molecule has 0 fully saturated rings. The van der Waals surface area contributed by atoms with Crippen LogP contribution in [-0.4, -0.2) is 36.3 Å². The Morgan fingerprint density at radius 1 is 1.07 bits per heavy atom. The molecule has 1 aliphatic rings. The number of hydrogen-bond acceptors (Lipinski definition) is 3. The largest absolute Gasteiger partial charge is 0.349 e. The zero-order valence-corrected chi connectivity index (χ0v) is 18.6. The van der Waals surface area contributed by atoms with E-state index in [1.54, 1.807) is 18.2 Å². The van der Waals surface area contributed by atoms with E-state index in [0.717, 1.165) is 19.3 Å². The average Bonchev–Trinajstić information content (AvgIpc) is 2.74. The second-order valence-electron chi connectivity index (χ2n) is 7.47. The maximum absolute atomic E-state index is 12.5. The lowest BCUT2D eigenvalue weighted by Gasteiger charge is -2.27. The molecular weight excluding hydrogens is 421 g/mol. The number of rotatable bonds is 8. The van der Waals surface area contributed by atoms with E-state index in [0.29, 0.717) is 35.2 Å². The van der Waals surface area contributed by atoms with Gasteiger partial charge in [-0.25, -0.2) is 0 Å². The van der Waals surface area contributed by atoms with Gasteiger partial charge >= 0.3 is 0 Å². The van der Waals surface area contributed by atoms with Gasteiger partial charge in [-0.05, 0) is 49.1 Å². The number of aryl methyl sites for hydroxylation is 1. The molecule has 0 saturated carbocycles. The van der Waals surface area contributed by atoms with Gasteiger partial charge < -0.3 is 10.6 Å². The van der Waals surface area contributed by atoms with E-state index < -0.39 is 0 Å². The highest BCUT2D eigenvalue weighted by Gasteiger charge is 2.21. The molecule has 0 radical (unpaired) electrons. The molecule has 5 nitrogen and oxygen atoms in total. The summed E-state index contributed by atoms with van der Waals surface area (Å²) in [5.74, 6) is -0.210. The van der Waals surface area contributed by atoms with Crippen LogP contribution in [0.4, 0.5) is 5.69 Å². The van der Waals surface area contributed by atoms with E-state index in [9.17, 15) is 9.59 Å². The van der Waals surface area contributed by atoms with Crippen molar-refractivity contribution in [3.63, 3.8) is 0 Å². The molecule has 0 saturated heterocycles. The van der Waals surface area contributed by atoms with Crippen LogP contribution in [0.25, 0.3) is 0 Å². The number of halogens is 2. The molecule has 2 amide bonds. The lowest BCUT2D eigenvalue weighted by molar-refractivity contribution is -0.123. The van der Waals surface area contributed by atoms with Crippen LogP contribution in [0.1, 0.15) is 43.4 Å². The lowest BCUT2D eigenvalue weighted by atomic mass is 9.87. The van der Waals surface area contributed by atoms with Gasteiger partial charge in [0, 0.05) is 13.0 Å². The van der Waals surface area contributed by atoms with Crippen LogP contribution < -0.4 is 10.6 Å². The smallest absolute Gasteiger partial charge is 0.238 e. The summed E-state index contributed by atoms with van der Waals surface area (Å²) in [6.07, 6.45) is 3.44. The van der Waals surface area contributed by atoms with Gasteiger partial charge in [0.2, 0.25) is 11.8 Å². The maximum atomic E-state index is 12.5. The molecule has 2 aromatic rings. The van der Waals surface area contributed by atoms with Crippen molar-refractivity contribution < 1.29 is 9.59 Å². The van der Waals surface area contributed by atoms with E-state index in [2.05, 4.69) is 22.8 Å². The van der Waals surface area contributed by atoms with Gasteiger partial charge in [0.15, 0.2) is 0 Å². The number of likely N-dealkylation sites (N-methyl/N-ethyl adjacent to an activating group) is 1. The molecule has 2 aromatic carbocycles. The second kappa shape index (κ2) is 10.8. The van der Waals surface area contributed by atoms with Crippen LogP contribution in [0.2, 0.25) is 10.0 Å². The number of benzene rings is 2. The van der Waals surface area contributed by atoms with Crippen LogP contribution in [-0.2, 0) is 16.0 Å². The fraction of sp³-hybridized carbons (Fsp3) is 0.391. The van der Waals surface area contributed by atoms with E-state index in [1.807, 2.05) is 24.0 Å². The molecule has 3 rings (SSSR count). The van der Waals surface area contributed by atoms with Crippen molar-refractivity contribution in [1.82, 2.24) is 10.2 Å². The molecule has 0 spiro atoms. The Morgan fingerprint density at radius 3 is 2.53 bits per heavy atom. The number of carbonyl (C=O) groups excluding carboxylic acids is 2. The number of carbonyl (C=O) groups is 2. The molecule has 0 aromatic heterocycles.